The van der Waals surface area contributed by atoms with E-state index < -0.39 is 0 Å². The maximum atomic E-state index is 2.37. The van der Waals surface area contributed by atoms with E-state index in [4.69, 9.17) is 0 Å². The Morgan fingerprint density at radius 3 is 0.978 bits per heavy atom. The molecule has 1 aliphatic rings. The van der Waals surface area contributed by atoms with Crippen molar-refractivity contribution in [1.82, 2.24) is 0 Å². The van der Waals surface area contributed by atoms with E-state index in [0.717, 1.165) is 5.92 Å². The van der Waals surface area contributed by atoms with E-state index >= 15 is 0 Å². The van der Waals surface area contributed by atoms with E-state index in [0.29, 0.717) is 10.8 Å². The molecule has 0 bridgehead atoms. The Balaban J connectivity index is 3.20. The zero-order valence-corrected chi connectivity index (χ0v) is 32.7. The maximum absolute atomic E-state index is 2.37. The van der Waals surface area contributed by atoms with Gasteiger partial charge in [-0.2, -0.15) is 0 Å². The molecule has 0 aromatic rings. The van der Waals surface area contributed by atoms with Gasteiger partial charge in [-0.3, -0.25) is 0 Å². The predicted molar refractivity (Wildman–Crippen MR) is 208 cm³/mol. The van der Waals surface area contributed by atoms with Crippen LogP contribution in [0.25, 0.3) is 0 Å². The van der Waals surface area contributed by atoms with Crippen molar-refractivity contribution in [3.63, 3.8) is 0 Å². The van der Waals surface area contributed by atoms with E-state index in [9.17, 15) is 0 Å². The highest BCUT2D eigenvalue weighted by atomic mass is 14.6. The van der Waals surface area contributed by atoms with E-state index in [1.54, 1.807) is 44.9 Å². The summed E-state index contributed by atoms with van der Waals surface area (Å²) in [5.41, 5.74) is 1.31. The molecule has 0 radical (unpaired) electrons. The minimum atomic E-state index is 0.652. The van der Waals surface area contributed by atoms with Gasteiger partial charge in [0.05, 0.1) is 0 Å². The fourth-order valence-corrected chi connectivity index (χ4v) is 9.87. The first-order valence-corrected chi connectivity index (χ1v) is 22.2. The maximum Gasteiger partial charge on any atom is -0.0213 e. The first kappa shape index (κ1) is 43.0. The van der Waals surface area contributed by atoms with Crippen LogP contribution in [0.1, 0.15) is 272 Å². The molecule has 0 aromatic carbocycles. The van der Waals surface area contributed by atoms with Crippen molar-refractivity contribution in [2.75, 3.05) is 0 Å². The third-order valence-corrected chi connectivity index (χ3v) is 12.7. The van der Waals surface area contributed by atoms with Crippen LogP contribution in [-0.2, 0) is 0 Å². The van der Waals surface area contributed by atoms with E-state index in [2.05, 4.69) is 34.6 Å². The van der Waals surface area contributed by atoms with Crippen LogP contribution >= 0.6 is 0 Å². The van der Waals surface area contributed by atoms with Gasteiger partial charge in [0, 0.05) is 0 Å². The first-order valence-electron chi connectivity index (χ1n) is 22.2. The van der Waals surface area contributed by atoms with Crippen LogP contribution < -0.4 is 0 Å². The highest BCUT2D eigenvalue weighted by Gasteiger charge is 2.57. The molecular formula is C45H90. The molecular weight excluding hydrogens is 540 g/mol. The number of unbranched alkanes of at least 4 members (excludes halogenated alkanes) is 25. The summed E-state index contributed by atoms with van der Waals surface area (Å²) in [5.74, 6) is 1.02. The van der Waals surface area contributed by atoms with Gasteiger partial charge in [-0.05, 0) is 61.7 Å². The Bertz CT molecular complexity index is 557. The Hall–Kier alpha value is 0. The molecule has 1 fully saturated rings. The summed E-state index contributed by atoms with van der Waals surface area (Å²) in [7, 11) is 0. The van der Waals surface area contributed by atoms with Crippen molar-refractivity contribution in [1.29, 1.82) is 0 Å². The zero-order valence-electron chi connectivity index (χ0n) is 32.7. The van der Waals surface area contributed by atoms with E-state index in [-0.39, 0.29) is 0 Å². The summed E-state index contributed by atoms with van der Waals surface area (Å²) in [4.78, 5) is 0. The van der Waals surface area contributed by atoms with Crippen LogP contribution in [0, 0.1) is 16.7 Å². The summed E-state index contributed by atoms with van der Waals surface area (Å²) in [6.07, 6.45) is 55.1. The van der Waals surface area contributed by atoms with Crippen molar-refractivity contribution < 1.29 is 0 Å². The fourth-order valence-electron chi connectivity index (χ4n) is 9.87. The minimum absolute atomic E-state index is 0.652. The van der Waals surface area contributed by atoms with Crippen LogP contribution in [-0.4, -0.2) is 0 Å². The highest BCUT2D eigenvalue weighted by Crippen LogP contribution is 2.67. The Morgan fingerprint density at radius 2 is 0.622 bits per heavy atom. The summed E-state index contributed by atoms with van der Waals surface area (Å²) < 4.78 is 0. The smallest absolute Gasteiger partial charge is 0.0213 e. The summed E-state index contributed by atoms with van der Waals surface area (Å²) in [5, 5.41) is 0. The fraction of sp³-hybridized carbons (Fsp3) is 1.00. The van der Waals surface area contributed by atoms with Crippen molar-refractivity contribution in [2.45, 2.75) is 272 Å². The molecule has 0 aromatic heterocycles. The summed E-state index contributed by atoms with van der Waals surface area (Å²) in [6.45, 7) is 11.9. The summed E-state index contributed by atoms with van der Waals surface area (Å²) in [6, 6.07) is 0. The number of hydrogen-bond donors (Lipinski definition) is 0. The van der Waals surface area contributed by atoms with Crippen LogP contribution in [0.2, 0.25) is 0 Å². The summed E-state index contributed by atoms with van der Waals surface area (Å²) >= 11 is 0. The lowest BCUT2D eigenvalue weighted by Crippen LogP contribution is -2.42. The highest BCUT2D eigenvalue weighted by molar-refractivity contribution is 5.06. The monoisotopic (exact) mass is 631 g/mol. The quantitative estimate of drug-likeness (QED) is 0.0611. The third kappa shape index (κ3) is 18.4. The lowest BCUT2D eigenvalue weighted by atomic mass is 9.53. The van der Waals surface area contributed by atoms with Gasteiger partial charge in [0.2, 0.25) is 0 Å². The molecule has 1 saturated carbocycles. The third-order valence-electron chi connectivity index (χ3n) is 12.7. The Kier molecular flexibility index (Phi) is 28.8. The van der Waals surface area contributed by atoms with Crippen LogP contribution in [0.5, 0.6) is 0 Å². The van der Waals surface area contributed by atoms with Gasteiger partial charge in [-0.1, -0.05) is 227 Å². The second kappa shape index (κ2) is 30.1. The molecule has 0 heterocycles. The van der Waals surface area contributed by atoms with Crippen molar-refractivity contribution >= 4 is 0 Å². The lowest BCUT2D eigenvalue weighted by molar-refractivity contribution is -0.0152. The average Bonchev–Trinajstić information content (AvgIpc) is 3.34. The number of rotatable bonds is 35. The van der Waals surface area contributed by atoms with Gasteiger partial charge < -0.3 is 0 Å². The van der Waals surface area contributed by atoms with Gasteiger partial charge >= 0.3 is 0 Å². The molecule has 1 rings (SSSR count). The molecule has 1 aliphatic carbocycles. The molecule has 270 valence electrons. The second-order valence-corrected chi connectivity index (χ2v) is 16.3. The predicted octanol–water partition coefficient (Wildman–Crippen LogP) is 17.1. The van der Waals surface area contributed by atoms with Gasteiger partial charge in [-0.15, -0.1) is 0 Å². The van der Waals surface area contributed by atoms with Crippen molar-refractivity contribution in [2.24, 2.45) is 16.7 Å². The van der Waals surface area contributed by atoms with Crippen molar-refractivity contribution in [3.8, 4) is 0 Å². The molecule has 0 saturated heterocycles. The largest absolute Gasteiger partial charge is 0.0654 e. The van der Waals surface area contributed by atoms with E-state index in [1.807, 2.05) is 0 Å². The second-order valence-electron chi connectivity index (χ2n) is 16.3. The molecule has 45 heavy (non-hydrogen) atoms. The number of hydrogen-bond acceptors (Lipinski definition) is 0. The zero-order chi connectivity index (χ0) is 32.7. The van der Waals surface area contributed by atoms with Crippen LogP contribution in [0.4, 0.5) is 0 Å². The van der Waals surface area contributed by atoms with Crippen LogP contribution in [0.15, 0.2) is 0 Å². The molecule has 0 N–H and O–H groups in total. The average molecular weight is 631 g/mol. The Morgan fingerprint density at radius 1 is 0.333 bits per heavy atom. The molecule has 0 aliphatic heterocycles. The van der Waals surface area contributed by atoms with Crippen molar-refractivity contribution in [3.05, 3.63) is 0 Å². The molecule has 0 heteroatoms. The molecule has 0 nitrogen and oxygen atoms in total. The normalized spacial score (nSPS) is 17.4. The van der Waals surface area contributed by atoms with Gasteiger partial charge in [0.25, 0.3) is 0 Å². The molecule has 1 atom stereocenters. The molecule has 0 amide bonds. The topological polar surface area (TPSA) is 0 Å². The van der Waals surface area contributed by atoms with E-state index in [1.165, 1.54) is 193 Å². The van der Waals surface area contributed by atoms with Gasteiger partial charge in [0.15, 0.2) is 0 Å². The molecule has 0 spiro atoms. The van der Waals surface area contributed by atoms with Crippen LogP contribution in [0.3, 0.4) is 0 Å². The van der Waals surface area contributed by atoms with Gasteiger partial charge in [0.1, 0.15) is 0 Å². The first-order chi connectivity index (χ1) is 22.2. The molecule has 1 unspecified atom stereocenters. The Labute approximate surface area is 288 Å². The standard InChI is InChI=1S/C45H90/c1-6-11-16-21-26-31-36-43-37-42-44(38-32-27-22-17-12-7-2,39-33-28-23-18-13-8-3)45(43,40-34-29-24-19-14-9-4)41-35-30-25-20-15-10-5/h43H,6-42H2,1-5H3. The lowest BCUT2D eigenvalue weighted by Gasteiger charge is -2.51. The SMILES string of the molecule is CCCCCCCCC1CCC(CCCCCCCC)(CCCCCCCC)C1(CCCCCCCC)CCCCCCCC. The minimum Gasteiger partial charge on any atom is -0.0654 e. The van der Waals surface area contributed by atoms with Gasteiger partial charge in [-0.25, -0.2) is 0 Å².